The molecule has 12 rings (SSSR count). The normalized spacial score (nSPS) is 18.4. The molecule has 6 aliphatic carbocycles. The van der Waals surface area contributed by atoms with Crippen LogP contribution < -0.4 is 4.90 Å². The van der Waals surface area contributed by atoms with Crippen molar-refractivity contribution in [3.8, 4) is 22.3 Å². The molecule has 0 saturated heterocycles. The number of allylic oxidation sites excluding steroid dienone is 7. The van der Waals surface area contributed by atoms with Crippen molar-refractivity contribution in [1.82, 2.24) is 0 Å². The zero-order valence-electron chi connectivity index (χ0n) is 32.3. The van der Waals surface area contributed by atoms with Gasteiger partial charge in [0, 0.05) is 18.5 Å². The minimum atomic E-state index is -0.560. The Balaban J connectivity index is 1.22. The zero-order valence-corrected chi connectivity index (χ0v) is 32.3. The molecule has 56 heavy (non-hydrogen) atoms. The molecule has 1 atom stereocenters. The van der Waals surface area contributed by atoms with Gasteiger partial charge in [0.2, 0.25) is 0 Å². The average molecular weight is 716 g/mol. The number of hydrogen-bond donors (Lipinski definition) is 0. The number of hydrogen-bond acceptors (Lipinski definition) is 1. The van der Waals surface area contributed by atoms with E-state index < -0.39 is 5.41 Å². The maximum atomic E-state index is 2.79. The Hall–Kier alpha value is -6.44. The number of fused-ring (bicyclic) bond motifs is 14. The van der Waals surface area contributed by atoms with Gasteiger partial charge in [-0.3, -0.25) is 0 Å². The molecule has 0 N–H and O–H groups in total. The molecule has 0 saturated carbocycles. The van der Waals surface area contributed by atoms with Crippen LogP contribution in [-0.4, -0.2) is 0 Å². The lowest BCUT2D eigenvalue weighted by Crippen LogP contribution is -2.38. The monoisotopic (exact) mass is 715 g/mol. The summed E-state index contributed by atoms with van der Waals surface area (Å²) in [5.41, 5.74) is 30.5. The molecular formula is C55H41N. The molecule has 6 aromatic rings. The van der Waals surface area contributed by atoms with E-state index in [1.807, 2.05) is 0 Å². The predicted molar refractivity (Wildman–Crippen MR) is 235 cm³/mol. The Kier molecular flexibility index (Phi) is 6.43. The van der Waals surface area contributed by atoms with Crippen molar-refractivity contribution < 1.29 is 0 Å². The molecule has 0 aromatic heterocycles. The fourth-order valence-corrected chi connectivity index (χ4v) is 11.0. The van der Waals surface area contributed by atoms with E-state index in [9.17, 15) is 0 Å². The van der Waals surface area contributed by atoms with E-state index in [4.69, 9.17) is 0 Å². The molecule has 0 bridgehead atoms. The molecule has 1 heteroatoms. The summed E-state index contributed by atoms with van der Waals surface area (Å²) in [6.07, 6.45) is 19.0. The molecule has 0 aliphatic heterocycles. The third kappa shape index (κ3) is 4.05. The number of nitrogens with zero attached hydrogens (tertiary/aromatic N) is 1. The second-order valence-electron chi connectivity index (χ2n) is 16.6. The van der Waals surface area contributed by atoms with Crippen molar-refractivity contribution in [3.63, 3.8) is 0 Å². The fourth-order valence-electron chi connectivity index (χ4n) is 11.0. The molecule has 0 fully saturated rings. The van der Waals surface area contributed by atoms with Gasteiger partial charge < -0.3 is 4.90 Å². The first-order valence-corrected chi connectivity index (χ1v) is 20.1. The van der Waals surface area contributed by atoms with Crippen molar-refractivity contribution in [2.45, 2.75) is 40.5 Å². The lowest BCUT2D eigenvalue weighted by Gasteiger charge is -2.47. The minimum absolute atomic E-state index is 0.560. The summed E-state index contributed by atoms with van der Waals surface area (Å²) >= 11 is 0. The average Bonchev–Trinajstić information content (AvgIpc) is 3.99. The highest BCUT2D eigenvalue weighted by atomic mass is 15.2. The summed E-state index contributed by atoms with van der Waals surface area (Å²) in [5.74, 6) is 0. The molecule has 1 nitrogen and oxygen atoms in total. The topological polar surface area (TPSA) is 3.24 Å². The number of benzene rings is 6. The van der Waals surface area contributed by atoms with Crippen LogP contribution in [0.4, 0.5) is 11.4 Å². The quantitative estimate of drug-likeness (QED) is 0.176. The highest BCUT2D eigenvalue weighted by Crippen LogP contribution is 2.65. The van der Waals surface area contributed by atoms with E-state index in [1.54, 1.807) is 0 Å². The largest absolute Gasteiger partial charge is 0.311 e. The molecule has 0 radical (unpaired) electrons. The third-order valence-corrected chi connectivity index (χ3v) is 13.8. The standard InChI is InChI=1S/C55H41N/c1-32-26-46-42-20-11-5-14-36(42)28-48(46)53(34(32)3)56(54-35(4)33(2)27-47-43-21-12-6-15-37(43)29-49(47)54)52-24-23-45-41-19-10-8-17-39(41)31-51(45)55(52)25-13-22-44-40-18-9-7-16-38(40)30-50(44)55/h5-27,30-31H,28-29H2,1-4H3. The van der Waals surface area contributed by atoms with Crippen molar-refractivity contribution in [2.75, 3.05) is 4.90 Å². The summed E-state index contributed by atoms with van der Waals surface area (Å²) in [4.78, 5) is 2.79. The summed E-state index contributed by atoms with van der Waals surface area (Å²) < 4.78 is 0. The number of anilines is 2. The zero-order chi connectivity index (χ0) is 37.4. The Labute approximate surface area is 329 Å². The maximum absolute atomic E-state index is 2.79. The van der Waals surface area contributed by atoms with Crippen molar-refractivity contribution in [1.29, 1.82) is 0 Å². The first kappa shape index (κ1) is 31.9. The smallest absolute Gasteiger partial charge is 0.0803 e. The minimum Gasteiger partial charge on any atom is -0.311 e. The van der Waals surface area contributed by atoms with Gasteiger partial charge in [0.25, 0.3) is 0 Å². The van der Waals surface area contributed by atoms with Gasteiger partial charge in [-0.15, -0.1) is 0 Å². The van der Waals surface area contributed by atoms with Crippen LogP contribution in [0.3, 0.4) is 0 Å². The lowest BCUT2D eigenvalue weighted by atomic mass is 9.63. The molecule has 1 unspecified atom stereocenters. The van der Waals surface area contributed by atoms with Crippen molar-refractivity contribution in [2.24, 2.45) is 5.41 Å². The molecule has 0 heterocycles. The SMILES string of the molecule is Cc1cc2c(c(N(C3=CC=C4C(=Cc5ccccc54)C34C=CC=C3C4=Cc4ccccc43)c3c(C)c(C)cc4c3Cc3ccccc3-4)c1C)Cc1ccccc1-2. The van der Waals surface area contributed by atoms with E-state index in [0.717, 1.165) is 12.8 Å². The van der Waals surface area contributed by atoms with Crippen LogP contribution in [-0.2, 0) is 12.8 Å². The Bertz CT molecular complexity index is 2870. The molecule has 6 aliphatic rings. The van der Waals surface area contributed by atoms with E-state index in [2.05, 4.69) is 184 Å². The van der Waals surface area contributed by atoms with Crippen LogP contribution in [0.25, 0.3) is 45.6 Å². The Morgan fingerprint density at radius 3 is 1.48 bits per heavy atom. The van der Waals surface area contributed by atoms with Gasteiger partial charge in [0.05, 0.1) is 16.8 Å². The molecule has 266 valence electrons. The Morgan fingerprint density at radius 1 is 0.482 bits per heavy atom. The predicted octanol–water partition coefficient (Wildman–Crippen LogP) is 13.6. The maximum Gasteiger partial charge on any atom is 0.0803 e. The van der Waals surface area contributed by atoms with Crippen LogP contribution in [0.15, 0.2) is 156 Å². The number of rotatable bonds is 3. The molecule has 0 amide bonds. The summed E-state index contributed by atoms with van der Waals surface area (Å²) in [7, 11) is 0. The first-order valence-electron chi connectivity index (χ1n) is 20.1. The summed E-state index contributed by atoms with van der Waals surface area (Å²) in [6.45, 7) is 9.38. The summed E-state index contributed by atoms with van der Waals surface area (Å²) in [5, 5.41) is 0. The summed E-state index contributed by atoms with van der Waals surface area (Å²) in [6, 6.07) is 41.0. The van der Waals surface area contributed by atoms with Gasteiger partial charge in [-0.25, -0.2) is 0 Å². The fraction of sp³-hybridized carbons (Fsp3) is 0.127. The van der Waals surface area contributed by atoms with Crippen LogP contribution in [0.5, 0.6) is 0 Å². The van der Waals surface area contributed by atoms with Crippen LogP contribution in [0.2, 0.25) is 0 Å². The van der Waals surface area contributed by atoms with E-state index in [1.165, 1.54) is 128 Å². The van der Waals surface area contributed by atoms with E-state index in [-0.39, 0.29) is 0 Å². The van der Waals surface area contributed by atoms with E-state index >= 15 is 0 Å². The van der Waals surface area contributed by atoms with Gasteiger partial charge in [-0.05, 0) is 157 Å². The number of aryl methyl sites for hydroxylation is 2. The second-order valence-corrected chi connectivity index (χ2v) is 16.6. The van der Waals surface area contributed by atoms with Crippen molar-refractivity contribution >= 4 is 34.7 Å². The van der Waals surface area contributed by atoms with Crippen LogP contribution in [0, 0.1) is 33.1 Å². The van der Waals surface area contributed by atoms with Gasteiger partial charge in [-0.1, -0.05) is 133 Å². The van der Waals surface area contributed by atoms with Crippen LogP contribution >= 0.6 is 0 Å². The molecular weight excluding hydrogens is 675 g/mol. The Morgan fingerprint density at radius 2 is 0.946 bits per heavy atom. The lowest BCUT2D eigenvalue weighted by molar-refractivity contribution is 0.674. The highest BCUT2D eigenvalue weighted by molar-refractivity contribution is 6.07. The van der Waals surface area contributed by atoms with Gasteiger partial charge in [-0.2, -0.15) is 0 Å². The van der Waals surface area contributed by atoms with Gasteiger partial charge >= 0.3 is 0 Å². The van der Waals surface area contributed by atoms with Gasteiger partial charge in [0.15, 0.2) is 0 Å². The van der Waals surface area contributed by atoms with Crippen molar-refractivity contribution in [3.05, 3.63) is 223 Å². The first-order chi connectivity index (χ1) is 27.4. The molecule has 6 aromatic carbocycles. The second kappa shape index (κ2) is 11.3. The van der Waals surface area contributed by atoms with Gasteiger partial charge in [0.1, 0.15) is 0 Å². The third-order valence-electron chi connectivity index (χ3n) is 13.8. The van der Waals surface area contributed by atoms with Crippen LogP contribution in [0.1, 0.15) is 66.8 Å². The molecule has 1 spiro atoms. The highest BCUT2D eigenvalue weighted by Gasteiger charge is 2.51. The van der Waals surface area contributed by atoms with E-state index in [0.29, 0.717) is 0 Å².